The van der Waals surface area contributed by atoms with Gasteiger partial charge in [0, 0.05) is 57.0 Å². The van der Waals surface area contributed by atoms with Crippen LogP contribution in [-0.2, 0) is 27.4 Å². The van der Waals surface area contributed by atoms with Crippen molar-refractivity contribution in [1.82, 2.24) is 25.8 Å². The van der Waals surface area contributed by atoms with Gasteiger partial charge in [0.2, 0.25) is 0 Å². The number of imide groups is 1. The number of rotatable bonds is 5. The van der Waals surface area contributed by atoms with Crippen LogP contribution in [0.2, 0.25) is 0 Å². The molecule has 28 heavy (non-hydrogen) atoms. The lowest BCUT2D eigenvalue weighted by molar-refractivity contribution is -0.136. The number of aromatic nitrogens is 1. The molecule has 2 aliphatic rings. The van der Waals surface area contributed by atoms with E-state index in [1.165, 1.54) is 17.1 Å². The van der Waals surface area contributed by atoms with Crippen LogP contribution in [0.25, 0.3) is 0 Å². The van der Waals surface area contributed by atoms with E-state index in [0.29, 0.717) is 44.8 Å². The minimum absolute atomic E-state index is 0.197. The molecule has 3 rings (SSSR count). The molecule has 2 aliphatic heterocycles. The Balaban J connectivity index is 1.54. The zero-order valence-corrected chi connectivity index (χ0v) is 15.7. The zero-order chi connectivity index (χ0) is 19.8. The fourth-order valence-corrected chi connectivity index (χ4v) is 2.98. The van der Waals surface area contributed by atoms with Gasteiger partial charge >= 0.3 is 0 Å². The number of carbonyl (C=O) groups excluding carboxylic acids is 3. The molecular weight excluding hydrogens is 362 g/mol. The van der Waals surface area contributed by atoms with Crippen molar-refractivity contribution in [3.63, 3.8) is 0 Å². The largest absolute Gasteiger partial charge is 0.379 e. The van der Waals surface area contributed by atoms with Crippen molar-refractivity contribution in [2.24, 2.45) is 0 Å². The molecular formula is C19H25N5O4. The Bertz CT molecular complexity index is 718. The van der Waals surface area contributed by atoms with Crippen LogP contribution < -0.4 is 16.0 Å². The number of carbonyl (C=O) groups is 3. The van der Waals surface area contributed by atoms with Gasteiger partial charge in [-0.25, -0.2) is 0 Å². The first-order valence-electron chi connectivity index (χ1n) is 9.44. The Morgan fingerprint density at radius 2 is 1.68 bits per heavy atom. The van der Waals surface area contributed by atoms with Gasteiger partial charge in [-0.05, 0) is 18.6 Å². The summed E-state index contributed by atoms with van der Waals surface area (Å²) >= 11 is 0. The Morgan fingerprint density at radius 3 is 2.29 bits per heavy atom. The van der Waals surface area contributed by atoms with Crippen LogP contribution >= 0.6 is 0 Å². The molecule has 0 saturated heterocycles. The summed E-state index contributed by atoms with van der Waals surface area (Å²) in [5.41, 5.74) is 2.14. The number of fused-ring (bicyclic) bond motifs is 2. The number of ether oxygens (including phenoxy) is 1. The van der Waals surface area contributed by atoms with Crippen LogP contribution in [0.3, 0.4) is 0 Å². The van der Waals surface area contributed by atoms with Gasteiger partial charge < -0.3 is 20.7 Å². The molecule has 9 nitrogen and oxygen atoms in total. The lowest BCUT2D eigenvalue weighted by atomic mass is 10.1. The minimum Gasteiger partial charge on any atom is -0.379 e. The zero-order valence-electron chi connectivity index (χ0n) is 15.7. The van der Waals surface area contributed by atoms with E-state index < -0.39 is 0 Å². The van der Waals surface area contributed by atoms with Gasteiger partial charge in [0.05, 0.1) is 24.6 Å². The van der Waals surface area contributed by atoms with E-state index >= 15 is 0 Å². The molecule has 0 saturated carbocycles. The second-order valence-corrected chi connectivity index (χ2v) is 6.58. The molecule has 1 aromatic rings. The van der Waals surface area contributed by atoms with Crippen molar-refractivity contribution in [1.29, 1.82) is 0 Å². The molecule has 150 valence electrons. The van der Waals surface area contributed by atoms with Gasteiger partial charge in [0.1, 0.15) is 0 Å². The van der Waals surface area contributed by atoms with Crippen LogP contribution in [-0.4, -0.2) is 67.0 Å². The summed E-state index contributed by atoms with van der Waals surface area (Å²) in [7, 11) is 0. The van der Waals surface area contributed by atoms with E-state index in [-0.39, 0.29) is 24.3 Å². The summed E-state index contributed by atoms with van der Waals surface area (Å²) in [5, 5.41) is 9.35. The van der Waals surface area contributed by atoms with Crippen LogP contribution in [0.4, 0.5) is 0 Å². The third kappa shape index (κ3) is 5.69. The normalized spacial score (nSPS) is 17.9. The van der Waals surface area contributed by atoms with Crippen molar-refractivity contribution in [2.75, 3.05) is 39.4 Å². The van der Waals surface area contributed by atoms with Crippen LogP contribution in [0.15, 0.2) is 24.3 Å². The lowest BCUT2D eigenvalue weighted by Gasteiger charge is -2.14. The topological polar surface area (TPSA) is 113 Å². The summed E-state index contributed by atoms with van der Waals surface area (Å²) in [6.45, 7) is 4.47. The fourth-order valence-electron chi connectivity index (χ4n) is 2.98. The molecule has 0 fully saturated rings. The molecule has 3 heterocycles. The molecule has 0 aromatic carbocycles. The summed E-state index contributed by atoms with van der Waals surface area (Å²) in [4.78, 5) is 41.3. The predicted molar refractivity (Wildman–Crippen MR) is 101 cm³/mol. The van der Waals surface area contributed by atoms with Crippen molar-refractivity contribution in [3.8, 4) is 0 Å². The SMILES string of the molecule is O=C(NCCCN1C(=O)C=CC1=O)c1cc2nc(c1)CNCCOCCNC2. The maximum absolute atomic E-state index is 12.5. The van der Waals surface area contributed by atoms with Gasteiger partial charge in [-0.3, -0.25) is 24.3 Å². The number of amides is 3. The molecule has 3 N–H and O–H groups in total. The average molecular weight is 387 g/mol. The number of nitrogens with one attached hydrogen (secondary N) is 3. The monoisotopic (exact) mass is 387 g/mol. The highest BCUT2D eigenvalue weighted by Gasteiger charge is 2.22. The van der Waals surface area contributed by atoms with E-state index in [0.717, 1.165) is 24.5 Å². The molecule has 9 heteroatoms. The highest BCUT2D eigenvalue weighted by atomic mass is 16.5. The molecule has 0 unspecified atom stereocenters. The molecule has 3 amide bonds. The second kappa shape index (κ2) is 10.1. The summed E-state index contributed by atoms with van der Waals surface area (Å²) < 4.78 is 5.48. The lowest BCUT2D eigenvalue weighted by Crippen LogP contribution is -2.34. The molecule has 0 spiro atoms. The quantitative estimate of drug-likeness (QED) is 0.454. The third-order valence-electron chi connectivity index (χ3n) is 4.40. The van der Waals surface area contributed by atoms with E-state index in [1.54, 1.807) is 12.1 Å². The first kappa shape index (κ1) is 20.1. The predicted octanol–water partition coefficient (Wildman–Crippen LogP) is -0.664. The fraction of sp³-hybridized carbons (Fsp3) is 0.474. The van der Waals surface area contributed by atoms with E-state index in [2.05, 4.69) is 20.9 Å². The number of nitrogens with zero attached hydrogens (tertiary/aromatic N) is 2. The standard InChI is InChI=1S/C19H25N5O4/c25-17-2-3-18(26)24(17)7-1-4-22-19(27)14-10-15-12-20-5-8-28-9-6-21-13-16(11-14)23-15/h2-3,10-11,20-21H,1,4-9,12-13H2,(H,22,27). The number of pyridine rings is 1. The van der Waals surface area contributed by atoms with Gasteiger partial charge in [-0.1, -0.05) is 0 Å². The summed E-state index contributed by atoms with van der Waals surface area (Å²) in [6.07, 6.45) is 3.02. The van der Waals surface area contributed by atoms with Crippen molar-refractivity contribution in [2.45, 2.75) is 19.5 Å². The highest BCUT2D eigenvalue weighted by Crippen LogP contribution is 2.08. The Kier molecular flexibility index (Phi) is 7.24. The highest BCUT2D eigenvalue weighted by molar-refractivity contribution is 6.12. The summed E-state index contributed by atoms with van der Waals surface area (Å²) in [6, 6.07) is 3.55. The minimum atomic E-state index is -0.307. The van der Waals surface area contributed by atoms with Gasteiger partial charge in [0.15, 0.2) is 0 Å². The Hall–Kier alpha value is -2.62. The van der Waals surface area contributed by atoms with Crippen LogP contribution in [0, 0.1) is 0 Å². The smallest absolute Gasteiger partial charge is 0.253 e. The van der Waals surface area contributed by atoms with E-state index in [4.69, 9.17) is 4.74 Å². The molecule has 0 aliphatic carbocycles. The maximum Gasteiger partial charge on any atom is 0.253 e. The van der Waals surface area contributed by atoms with Crippen molar-refractivity contribution < 1.29 is 19.1 Å². The van der Waals surface area contributed by atoms with Crippen molar-refractivity contribution >= 4 is 17.7 Å². The van der Waals surface area contributed by atoms with E-state index in [9.17, 15) is 14.4 Å². The third-order valence-corrected chi connectivity index (χ3v) is 4.40. The Labute approximate surface area is 163 Å². The van der Waals surface area contributed by atoms with Crippen LogP contribution in [0.1, 0.15) is 28.2 Å². The first-order chi connectivity index (χ1) is 13.6. The average Bonchev–Trinajstić information content (AvgIpc) is 3.00. The maximum atomic E-state index is 12.5. The number of hydrogen-bond acceptors (Lipinski definition) is 7. The molecule has 0 radical (unpaired) electrons. The number of hydrogen-bond donors (Lipinski definition) is 3. The van der Waals surface area contributed by atoms with Gasteiger partial charge in [-0.2, -0.15) is 0 Å². The van der Waals surface area contributed by atoms with Gasteiger partial charge in [-0.15, -0.1) is 0 Å². The van der Waals surface area contributed by atoms with E-state index in [1.807, 2.05) is 0 Å². The van der Waals surface area contributed by atoms with Gasteiger partial charge in [0.25, 0.3) is 17.7 Å². The Morgan fingerprint density at radius 1 is 1.07 bits per heavy atom. The first-order valence-corrected chi connectivity index (χ1v) is 9.44. The molecule has 1 aromatic heterocycles. The summed E-state index contributed by atoms with van der Waals surface area (Å²) in [5.74, 6) is -0.811. The van der Waals surface area contributed by atoms with Crippen molar-refractivity contribution in [3.05, 3.63) is 41.2 Å². The second-order valence-electron chi connectivity index (χ2n) is 6.58. The molecule has 0 atom stereocenters. The van der Waals surface area contributed by atoms with Crippen LogP contribution in [0.5, 0.6) is 0 Å². The molecule has 2 bridgehead atoms.